The number of hydrogen-bond acceptors (Lipinski definition) is 3. The fourth-order valence-corrected chi connectivity index (χ4v) is 3.53. The highest BCUT2D eigenvalue weighted by Gasteiger charge is 2.21. The van der Waals surface area contributed by atoms with Crippen LogP contribution in [-0.4, -0.2) is 9.97 Å². The number of aromatic nitrogens is 2. The lowest BCUT2D eigenvalue weighted by Crippen LogP contribution is -2.11. The first-order valence-electron chi connectivity index (χ1n) is 9.11. The number of anilines is 1. The van der Waals surface area contributed by atoms with Crippen LogP contribution in [0.25, 0.3) is 22.9 Å². The average Bonchev–Trinajstić information content (AvgIpc) is 2.64. The van der Waals surface area contributed by atoms with E-state index in [0.29, 0.717) is 5.95 Å². The molecule has 3 heteroatoms. The van der Waals surface area contributed by atoms with Crippen molar-refractivity contribution < 1.29 is 0 Å². The molecule has 0 radical (unpaired) electrons. The van der Waals surface area contributed by atoms with Crippen LogP contribution in [0.3, 0.4) is 0 Å². The maximum absolute atomic E-state index is 6.08. The van der Waals surface area contributed by atoms with Gasteiger partial charge in [-0.3, -0.25) is 0 Å². The summed E-state index contributed by atoms with van der Waals surface area (Å²) in [6.45, 7) is 4.20. The van der Waals surface area contributed by atoms with E-state index >= 15 is 0 Å². The molecule has 3 nitrogen and oxygen atoms in total. The highest BCUT2D eigenvalue weighted by molar-refractivity contribution is 5.85. The van der Waals surface area contributed by atoms with Crippen LogP contribution in [0.15, 0.2) is 48.5 Å². The summed E-state index contributed by atoms with van der Waals surface area (Å²) in [5.74, 6) is 0.344. The molecular formula is C23H23N3. The van der Waals surface area contributed by atoms with Crippen molar-refractivity contribution in [1.82, 2.24) is 9.97 Å². The predicted molar refractivity (Wildman–Crippen MR) is 109 cm³/mol. The van der Waals surface area contributed by atoms with Gasteiger partial charge < -0.3 is 5.73 Å². The molecule has 3 aromatic rings. The zero-order chi connectivity index (χ0) is 18.1. The maximum atomic E-state index is 6.08. The molecule has 0 bridgehead atoms. The van der Waals surface area contributed by atoms with Gasteiger partial charge in [-0.1, -0.05) is 59.7 Å². The second-order valence-corrected chi connectivity index (χ2v) is 7.06. The molecule has 0 unspecified atom stereocenters. The minimum absolute atomic E-state index is 0.344. The third kappa shape index (κ3) is 3.25. The number of benzene rings is 2. The number of fused-ring (bicyclic) bond motifs is 1. The lowest BCUT2D eigenvalue weighted by molar-refractivity contribution is 0.806. The molecular weight excluding hydrogens is 318 g/mol. The van der Waals surface area contributed by atoms with Crippen molar-refractivity contribution in [2.45, 2.75) is 33.1 Å². The van der Waals surface area contributed by atoms with Crippen molar-refractivity contribution in [3.05, 3.63) is 76.5 Å². The van der Waals surface area contributed by atoms with Gasteiger partial charge in [0, 0.05) is 11.1 Å². The quantitative estimate of drug-likeness (QED) is 0.695. The van der Waals surface area contributed by atoms with Gasteiger partial charge in [-0.05, 0) is 50.3 Å². The van der Waals surface area contributed by atoms with E-state index in [1.807, 2.05) is 0 Å². The summed E-state index contributed by atoms with van der Waals surface area (Å²) in [5, 5.41) is 0. The Balaban J connectivity index is 1.83. The van der Waals surface area contributed by atoms with Crippen molar-refractivity contribution in [2.75, 3.05) is 5.73 Å². The number of nitrogens with zero attached hydrogens (tertiary/aromatic N) is 2. The summed E-state index contributed by atoms with van der Waals surface area (Å²) in [6.07, 6.45) is 5.36. The van der Waals surface area contributed by atoms with Crippen LogP contribution in [0.4, 0.5) is 5.95 Å². The molecule has 1 heterocycles. The Labute approximate surface area is 154 Å². The molecule has 4 rings (SSSR count). The number of rotatable bonds is 2. The molecule has 1 aliphatic rings. The van der Waals surface area contributed by atoms with Gasteiger partial charge in [0.1, 0.15) is 0 Å². The molecule has 0 amide bonds. The first-order valence-corrected chi connectivity index (χ1v) is 9.11. The van der Waals surface area contributed by atoms with Crippen LogP contribution in [-0.2, 0) is 6.42 Å². The largest absolute Gasteiger partial charge is 0.368 e. The molecule has 26 heavy (non-hydrogen) atoms. The summed E-state index contributed by atoms with van der Waals surface area (Å²) in [4.78, 5) is 9.19. The fraction of sp³-hybridized carbons (Fsp3) is 0.217. The number of hydrogen-bond donors (Lipinski definition) is 1. The number of nitrogens with two attached hydrogens (primary N) is 1. The van der Waals surface area contributed by atoms with E-state index in [1.165, 1.54) is 27.8 Å². The van der Waals surface area contributed by atoms with Crippen molar-refractivity contribution in [2.24, 2.45) is 0 Å². The summed E-state index contributed by atoms with van der Waals surface area (Å²) in [5.41, 5.74) is 15.3. The molecule has 0 spiro atoms. The average molecular weight is 341 g/mol. The smallest absolute Gasteiger partial charge is 0.221 e. The first kappa shape index (κ1) is 16.5. The highest BCUT2D eigenvalue weighted by Crippen LogP contribution is 2.36. The molecule has 0 saturated heterocycles. The normalized spacial score (nSPS) is 15.1. The van der Waals surface area contributed by atoms with Crippen molar-refractivity contribution >= 4 is 17.6 Å². The summed E-state index contributed by atoms with van der Waals surface area (Å²) in [7, 11) is 0. The minimum atomic E-state index is 0.344. The van der Waals surface area contributed by atoms with Crippen molar-refractivity contribution in [1.29, 1.82) is 0 Å². The van der Waals surface area contributed by atoms with Crippen molar-refractivity contribution in [3.8, 4) is 11.3 Å². The molecule has 1 aromatic heterocycles. The minimum Gasteiger partial charge on any atom is -0.368 e. The van der Waals surface area contributed by atoms with E-state index < -0.39 is 0 Å². The van der Waals surface area contributed by atoms with Crippen LogP contribution in [0.2, 0.25) is 0 Å². The molecule has 0 aliphatic heterocycles. The Kier molecular flexibility index (Phi) is 4.29. The molecule has 2 N–H and O–H groups in total. The Hall–Kier alpha value is -2.94. The molecule has 0 fully saturated rings. The van der Waals surface area contributed by atoms with Crippen LogP contribution in [0.5, 0.6) is 0 Å². The standard InChI is InChI=1S/C23H23N3/c1-15-6-10-17(11-7-15)14-19-4-3-5-20-21(25-23(24)26-22(19)20)18-12-8-16(2)9-13-18/h6-14H,3-5H2,1-2H3,(H2,24,25,26)/b19-14+. The van der Waals surface area contributed by atoms with Gasteiger partial charge in [-0.25, -0.2) is 9.97 Å². The van der Waals surface area contributed by atoms with E-state index in [-0.39, 0.29) is 0 Å². The van der Waals surface area contributed by atoms with Crippen LogP contribution >= 0.6 is 0 Å². The predicted octanol–water partition coefficient (Wildman–Crippen LogP) is 5.22. The topological polar surface area (TPSA) is 51.8 Å². The second kappa shape index (κ2) is 6.75. The Morgan fingerprint density at radius 2 is 1.42 bits per heavy atom. The van der Waals surface area contributed by atoms with E-state index in [4.69, 9.17) is 5.73 Å². The summed E-state index contributed by atoms with van der Waals surface area (Å²) in [6, 6.07) is 17.1. The molecule has 0 saturated carbocycles. The summed E-state index contributed by atoms with van der Waals surface area (Å²) < 4.78 is 0. The van der Waals surface area contributed by atoms with Crippen molar-refractivity contribution in [3.63, 3.8) is 0 Å². The van der Waals surface area contributed by atoms with Gasteiger partial charge in [-0.2, -0.15) is 0 Å². The van der Waals surface area contributed by atoms with Gasteiger partial charge in [0.15, 0.2) is 0 Å². The highest BCUT2D eigenvalue weighted by atomic mass is 15.0. The monoisotopic (exact) mass is 341 g/mol. The van der Waals surface area contributed by atoms with Gasteiger partial charge in [-0.15, -0.1) is 0 Å². The van der Waals surface area contributed by atoms with E-state index in [1.54, 1.807) is 0 Å². The Bertz CT molecular complexity index is 968. The van der Waals surface area contributed by atoms with Gasteiger partial charge in [0.05, 0.1) is 11.4 Å². The van der Waals surface area contributed by atoms with Gasteiger partial charge in [0.25, 0.3) is 0 Å². The maximum Gasteiger partial charge on any atom is 0.221 e. The molecule has 1 aliphatic carbocycles. The lowest BCUT2D eigenvalue weighted by atomic mass is 9.87. The third-order valence-corrected chi connectivity index (χ3v) is 4.94. The zero-order valence-corrected chi connectivity index (χ0v) is 15.3. The lowest BCUT2D eigenvalue weighted by Gasteiger charge is -2.21. The fourth-order valence-electron chi connectivity index (χ4n) is 3.53. The van der Waals surface area contributed by atoms with Gasteiger partial charge >= 0.3 is 0 Å². The second-order valence-electron chi connectivity index (χ2n) is 7.06. The van der Waals surface area contributed by atoms with Crippen LogP contribution < -0.4 is 5.73 Å². The zero-order valence-electron chi connectivity index (χ0n) is 15.3. The first-order chi connectivity index (χ1) is 12.6. The third-order valence-electron chi connectivity index (χ3n) is 4.94. The van der Waals surface area contributed by atoms with E-state index in [2.05, 4.69) is 78.4 Å². The van der Waals surface area contributed by atoms with E-state index in [0.717, 1.165) is 36.2 Å². The molecule has 2 aromatic carbocycles. The molecule has 0 atom stereocenters. The Morgan fingerprint density at radius 3 is 2.12 bits per heavy atom. The number of nitrogen functional groups attached to an aromatic ring is 1. The summed E-state index contributed by atoms with van der Waals surface area (Å²) >= 11 is 0. The van der Waals surface area contributed by atoms with Gasteiger partial charge in [0.2, 0.25) is 5.95 Å². The van der Waals surface area contributed by atoms with E-state index in [9.17, 15) is 0 Å². The van der Waals surface area contributed by atoms with Crippen LogP contribution in [0.1, 0.15) is 40.8 Å². The number of aryl methyl sites for hydroxylation is 2. The SMILES string of the molecule is Cc1ccc(/C=C2\CCCc3c2nc(N)nc3-c2ccc(C)cc2)cc1. The molecule has 130 valence electrons. The Morgan fingerprint density at radius 1 is 0.808 bits per heavy atom. The van der Waals surface area contributed by atoms with Crippen LogP contribution in [0, 0.1) is 13.8 Å². The number of allylic oxidation sites excluding steroid dienone is 1.